The van der Waals surface area contributed by atoms with Crippen LogP contribution in [0.5, 0.6) is 0 Å². The summed E-state index contributed by atoms with van der Waals surface area (Å²) in [5, 5.41) is 5.34. The Bertz CT molecular complexity index is 749. The Kier molecular flexibility index (Phi) is 11.0. The van der Waals surface area contributed by atoms with Gasteiger partial charge in [-0.25, -0.2) is 0 Å². The van der Waals surface area contributed by atoms with E-state index in [0.717, 1.165) is 5.56 Å². The van der Waals surface area contributed by atoms with Gasteiger partial charge in [0.2, 0.25) is 17.7 Å². The van der Waals surface area contributed by atoms with Gasteiger partial charge >= 0.3 is 0 Å². The number of aliphatic imine (C=N–C) groups is 1. The molecule has 1 aromatic rings. The minimum Gasteiger partial charge on any atom is -0.370 e. The van der Waals surface area contributed by atoms with Crippen LogP contribution in [0.3, 0.4) is 0 Å². The number of nitrogens with two attached hydrogens (primary N) is 4. The molecule has 0 saturated carbocycles. The van der Waals surface area contributed by atoms with Crippen molar-refractivity contribution in [3.63, 3.8) is 0 Å². The van der Waals surface area contributed by atoms with Crippen LogP contribution in [0.1, 0.15) is 38.7 Å². The highest BCUT2D eigenvalue weighted by Gasteiger charge is 2.27. The summed E-state index contributed by atoms with van der Waals surface area (Å²) in [6.07, 6.45) is 1.45. The molecule has 0 heterocycles. The number of hydrogen-bond acceptors (Lipinski definition) is 5. The summed E-state index contributed by atoms with van der Waals surface area (Å²) in [6, 6.07) is 6.83. The molecule has 3 amide bonds. The van der Waals surface area contributed by atoms with Crippen LogP contribution in [0.15, 0.2) is 35.3 Å². The molecule has 1 rings (SSSR count). The van der Waals surface area contributed by atoms with E-state index in [2.05, 4.69) is 15.6 Å². The Balaban J connectivity index is 2.74. The quantitative estimate of drug-likeness (QED) is 0.133. The fraction of sp³-hybridized carbons (Fsp3) is 0.524. The number of nitrogens with one attached hydrogen (secondary N) is 2. The van der Waals surface area contributed by atoms with Gasteiger partial charge in [0.1, 0.15) is 12.1 Å². The molecule has 0 bridgehead atoms. The Morgan fingerprint density at radius 2 is 1.58 bits per heavy atom. The second-order valence-corrected chi connectivity index (χ2v) is 7.90. The van der Waals surface area contributed by atoms with Crippen molar-refractivity contribution in [3.05, 3.63) is 35.9 Å². The summed E-state index contributed by atoms with van der Waals surface area (Å²) in [5.41, 5.74) is 22.9. The second kappa shape index (κ2) is 13.2. The van der Waals surface area contributed by atoms with Gasteiger partial charge in [-0.3, -0.25) is 19.4 Å². The summed E-state index contributed by atoms with van der Waals surface area (Å²) in [4.78, 5) is 41.0. The molecule has 0 spiro atoms. The molecular formula is C21H35N7O3. The third-order valence-corrected chi connectivity index (χ3v) is 4.58. The van der Waals surface area contributed by atoms with Crippen molar-refractivity contribution >= 4 is 23.7 Å². The molecule has 0 aromatic heterocycles. The van der Waals surface area contributed by atoms with Gasteiger partial charge in [-0.2, -0.15) is 0 Å². The molecule has 0 saturated heterocycles. The van der Waals surface area contributed by atoms with Gasteiger partial charge in [-0.15, -0.1) is 0 Å². The first-order valence-electron chi connectivity index (χ1n) is 10.3. The van der Waals surface area contributed by atoms with E-state index >= 15 is 0 Å². The van der Waals surface area contributed by atoms with Crippen LogP contribution < -0.4 is 33.6 Å². The van der Waals surface area contributed by atoms with E-state index in [0.29, 0.717) is 25.8 Å². The number of hydrogen-bond donors (Lipinski definition) is 6. The lowest BCUT2D eigenvalue weighted by atomic mass is 10.0. The monoisotopic (exact) mass is 433 g/mol. The lowest BCUT2D eigenvalue weighted by Crippen LogP contribution is -2.55. The van der Waals surface area contributed by atoms with Crippen LogP contribution in [0.2, 0.25) is 0 Å². The van der Waals surface area contributed by atoms with Crippen molar-refractivity contribution in [2.24, 2.45) is 33.8 Å². The van der Waals surface area contributed by atoms with E-state index in [1.807, 2.05) is 44.2 Å². The van der Waals surface area contributed by atoms with E-state index in [9.17, 15) is 14.4 Å². The molecular weight excluding hydrogens is 398 g/mol. The number of primary amides is 1. The summed E-state index contributed by atoms with van der Waals surface area (Å²) in [5.74, 6) is -1.53. The minimum absolute atomic E-state index is 0.0498. The number of carbonyl (C=O) groups is 3. The Labute approximate surface area is 183 Å². The van der Waals surface area contributed by atoms with Crippen LogP contribution in [0, 0.1) is 5.92 Å². The normalized spacial score (nSPS) is 13.7. The highest BCUT2D eigenvalue weighted by atomic mass is 16.2. The third-order valence-electron chi connectivity index (χ3n) is 4.58. The molecule has 0 unspecified atom stereocenters. The first-order valence-corrected chi connectivity index (χ1v) is 10.3. The maximum atomic E-state index is 12.8. The van der Waals surface area contributed by atoms with Crippen LogP contribution in [-0.4, -0.2) is 48.4 Å². The SMILES string of the molecule is CC(C)C[C@H](NC(=O)[C@@H](N)Cc1ccccc1)C(=O)N[C@@H](CCCN=C(N)N)C(N)=O. The average Bonchev–Trinajstić information content (AvgIpc) is 2.69. The van der Waals surface area contributed by atoms with Gasteiger partial charge in [0.15, 0.2) is 5.96 Å². The van der Waals surface area contributed by atoms with Gasteiger partial charge in [0.25, 0.3) is 0 Å². The van der Waals surface area contributed by atoms with Gasteiger partial charge in [-0.1, -0.05) is 44.2 Å². The summed E-state index contributed by atoms with van der Waals surface area (Å²) < 4.78 is 0. The zero-order chi connectivity index (χ0) is 23.4. The molecule has 172 valence electrons. The molecule has 10 heteroatoms. The Morgan fingerprint density at radius 1 is 0.968 bits per heavy atom. The van der Waals surface area contributed by atoms with E-state index in [-0.39, 0.29) is 18.3 Å². The molecule has 31 heavy (non-hydrogen) atoms. The zero-order valence-corrected chi connectivity index (χ0v) is 18.2. The Hall–Kier alpha value is -3.14. The summed E-state index contributed by atoms with van der Waals surface area (Å²) >= 11 is 0. The molecule has 10 N–H and O–H groups in total. The van der Waals surface area contributed by atoms with Crippen molar-refractivity contribution in [1.29, 1.82) is 0 Å². The van der Waals surface area contributed by atoms with E-state index in [4.69, 9.17) is 22.9 Å². The predicted molar refractivity (Wildman–Crippen MR) is 121 cm³/mol. The number of carbonyl (C=O) groups excluding carboxylic acids is 3. The van der Waals surface area contributed by atoms with Crippen molar-refractivity contribution in [3.8, 4) is 0 Å². The second-order valence-electron chi connectivity index (χ2n) is 7.90. The number of rotatable bonds is 13. The van der Waals surface area contributed by atoms with E-state index in [1.165, 1.54) is 0 Å². The first-order chi connectivity index (χ1) is 14.6. The molecule has 0 radical (unpaired) electrons. The zero-order valence-electron chi connectivity index (χ0n) is 18.2. The maximum absolute atomic E-state index is 12.8. The lowest BCUT2D eigenvalue weighted by Gasteiger charge is -2.24. The smallest absolute Gasteiger partial charge is 0.243 e. The maximum Gasteiger partial charge on any atom is 0.243 e. The molecule has 0 fully saturated rings. The standard InChI is InChI=1S/C21H35N7O3/c1-13(2)11-17(28-19(30)15(22)12-14-7-4-3-5-8-14)20(31)27-16(18(23)29)9-6-10-26-21(24)25/h3-5,7-8,13,15-17H,6,9-12,22H2,1-2H3,(H2,23,29)(H,27,31)(H,28,30)(H4,24,25,26)/t15-,16-,17-/m0/s1. The number of benzene rings is 1. The van der Waals surface area contributed by atoms with Crippen LogP contribution in [0.4, 0.5) is 0 Å². The fourth-order valence-electron chi connectivity index (χ4n) is 3.00. The van der Waals surface area contributed by atoms with E-state index < -0.39 is 35.8 Å². The van der Waals surface area contributed by atoms with Gasteiger partial charge in [-0.05, 0) is 37.2 Å². The van der Waals surface area contributed by atoms with Crippen LogP contribution in [0.25, 0.3) is 0 Å². The molecule has 0 aliphatic rings. The highest BCUT2D eigenvalue weighted by Crippen LogP contribution is 2.08. The molecule has 10 nitrogen and oxygen atoms in total. The number of nitrogens with zero attached hydrogens (tertiary/aromatic N) is 1. The van der Waals surface area contributed by atoms with Crippen LogP contribution in [-0.2, 0) is 20.8 Å². The summed E-state index contributed by atoms with van der Waals surface area (Å²) in [6.45, 7) is 4.16. The average molecular weight is 434 g/mol. The summed E-state index contributed by atoms with van der Waals surface area (Å²) in [7, 11) is 0. The lowest BCUT2D eigenvalue weighted by molar-refractivity contribution is -0.132. The molecule has 0 aliphatic heterocycles. The van der Waals surface area contributed by atoms with Crippen molar-refractivity contribution in [1.82, 2.24) is 10.6 Å². The van der Waals surface area contributed by atoms with Crippen LogP contribution >= 0.6 is 0 Å². The molecule has 0 aliphatic carbocycles. The van der Waals surface area contributed by atoms with Gasteiger partial charge < -0.3 is 33.6 Å². The van der Waals surface area contributed by atoms with E-state index in [1.54, 1.807) is 0 Å². The highest BCUT2D eigenvalue weighted by molar-refractivity contribution is 5.92. The third kappa shape index (κ3) is 10.4. The molecule has 3 atom stereocenters. The topological polar surface area (TPSA) is 192 Å². The number of amides is 3. The minimum atomic E-state index is -0.897. The van der Waals surface area contributed by atoms with Crippen molar-refractivity contribution in [2.75, 3.05) is 6.54 Å². The largest absolute Gasteiger partial charge is 0.370 e. The fourth-order valence-corrected chi connectivity index (χ4v) is 3.00. The van der Waals surface area contributed by atoms with Crippen molar-refractivity contribution < 1.29 is 14.4 Å². The van der Waals surface area contributed by atoms with Gasteiger partial charge in [0, 0.05) is 6.54 Å². The number of guanidine groups is 1. The first kappa shape index (κ1) is 25.9. The molecule has 1 aromatic carbocycles. The van der Waals surface area contributed by atoms with Gasteiger partial charge in [0.05, 0.1) is 6.04 Å². The van der Waals surface area contributed by atoms with Crippen molar-refractivity contribution in [2.45, 2.75) is 57.7 Å². The Morgan fingerprint density at radius 3 is 2.13 bits per heavy atom. The predicted octanol–water partition coefficient (Wildman–Crippen LogP) is -0.889.